The molecular formula is C24H32N4O2. The van der Waals surface area contributed by atoms with Crippen molar-refractivity contribution in [3.8, 4) is 0 Å². The molecule has 2 amide bonds. The highest BCUT2D eigenvalue weighted by molar-refractivity contribution is 5.97. The molecule has 0 bridgehead atoms. The number of carbonyl (C=O) groups is 2. The second kappa shape index (κ2) is 8.25. The van der Waals surface area contributed by atoms with Crippen LogP contribution in [0.1, 0.15) is 49.1 Å². The molecule has 1 aliphatic heterocycles. The predicted molar refractivity (Wildman–Crippen MR) is 116 cm³/mol. The van der Waals surface area contributed by atoms with E-state index in [1.165, 1.54) is 11.1 Å². The Bertz CT molecular complexity index is 921. The molecule has 2 aliphatic rings. The van der Waals surface area contributed by atoms with Gasteiger partial charge in [0.25, 0.3) is 0 Å². The van der Waals surface area contributed by atoms with Crippen molar-refractivity contribution in [2.45, 2.75) is 65.1 Å². The number of nitrogens with zero attached hydrogens (tertiary/aromatic N) is 3. The summed E-state index contributed by atoms with van der Waals surface area (Å²) in [5.74, 6) is 0.296. The minimum Gasteiger partial charge on any atom is -0.342 e. The molecule has 1 aromatic carbocycles. The minimum absolute atomic E-state index is 0.00852. The lowest BCUT2D eigenvalue weighted by Crippen LogP contribution is -2.66. The zero-order valence-corrected chi connectivity index (χ0v) is 18.4. The van der Waals surface area contributed by atoms with E-state index in [4.69, 9.17) is 0 Å². The number of carbonyl (C=O) groups excluding carboxylic acids is 2. The van der Waals surface area contributed by atoms with Crippen LogP contribution in [0.5, 0.6) is 0 Å². The standard InChI is InChI=1S/C24H32N4O2/c1-5-16(6-2)22-23(29)26-21(19-11-17-9-7-8-10-18(17)12-19)24(30)28(22)14-20-13-25-27(4)15(20)3/h7-10,13,16,19,21-22H,5-6,11-12,14H2,1-4H3,(H,26,29)/t21-,22-/m1/s1. The molecule has 1 saturated heterocycles. The number of rotatable bonds is 6. The van der Waals surface area contributed by atoms with Gasteiger partial charge in [-0.25, -0.2) is 0 Å². The molecule has 160 valence electrons. The van der Waals surface area contributed by atoms with Gasteiger partial charge in [0.15, 0.2) is 0 Å². The van der Waals surface area contributed by atoms with Gasteiger partial charge in [-0.15, -0.1) is 0 Å². The number of fused-ring (bicyclic) bond motifs is 1. The van der Waals surface area contributed by atoms with Gasteiger partial charge in [0.2, 0.25) is 11.8 Å². The molecule has 30 heavy (non-hydrogen) atoms. The summed E-state index contributed by atoms with van der Waals surface area (Å²) in [5, 5.41) is 7.46. The molecule has 0 saturated carbocycles. The maximum absolute atomic E-state index is 13.8. The van der Waals surface area contributed by atoms with Gasteiger partial charge in [0.1, 0.15) is 12.1 Å². The number of benzene rings is 1. The first kappa shape index (κ1) is 20.6. The Morgan fingerprint density at radius 1 is 1.13 bits per heavy atom. The predicted octanol–water partition coefficient (Wildman–Crippen LogP) is 2.78. The first-order valence-electron chi connectivity index (χ1n) is 11.1. The van der Waals surface area contributed by atoms with Crippen LogP contribution in [0.2, 0.25) is 0 Å². The Morgan fingerprint density at radius 3 is 2.30 bits per heavy atom. The zero-order valence-electron chi connectivity index (χ0n) is 18.4. The van der Waals surface area contributed by atoms with E-state index in [0.717, 1.165) is 36.9 Å². The van der Waals surface area contributed by atoms with Gasteiger partial charge in [-0.2, -0.15) is 5.10 Å². The van der Waals surface area contributed by atoms with Crippen LogP contribution < -0.4 is 5.32 Å². The largest absolute Gasteiger partial charge is 0.342 e. The fourth-order valence-electron chi connectivity index (χ4n) is 5.17. The van der Waals surface area contributed by atoms with E-state index in [0.29, 0.717) is 6.54 Å². The Kier molecular flexibility index (Phi) is 5.67. The molecule has 0 radical (unpaired) electrons. The van der Waals surface area contributed by atoms with Crippen LogP contribution in [-0.2, 0) is 36.0 Å². The first-order valence-corrected chi connectivity index (χ1v) is 11.1. The van der Waals surface area contributed by atoms with E-state index in [9.17, 15) is 9.59 Å². The fraction of sp³-hybridized carbons (Fsp3) is 0.542. The van der Waals surface area contributed by atoms with Crippen molar-refractivity contribution in [3.05, 3.63) is 52.8 Å². The quantitative estimate of drug-likeness (QED) is 0.799. The van der Waals surface area contributed by atoms with E-state index in [1.54, 1.807) is 0 Å². The summed E-state index contributed by atoms with van der Waals surface area (Å²) < 4.78 is 1.82. The number of aromatic nitrogens is 2. The summed E-state index contributed by atoms with van der Waals surface area (Å²) in [5.41, 5.74) is 4.62. The molecule has 2 aromatic rings. The smallest absolute Gasteiger partial charge is 0.246 e. The lowest BCUT2D eigenvalue weighted by molar-refractivity contribution is -0.154. The van der Waals surface area contributed by atoms with Crippen molar-refractivity contribution in [2.75, 3.05) is 0 Å². The average Bonchev–Trinajstić information content (AvgIpc) is 3.31. The van der Waals surface area contributed by atoms with Gasteiger partial charge >= 0.3 is 0 Å². The number of hydrogen-bond donors (Lipinski definition) is 1. The van der Waals surface area contributed by atoms with Crippen LogP contribution in [-0.4, -0.2) is 38.6 Å². The molecule has 1 N–H and O–H groups in total. The summed E-state index contributed by atoms with van der Waals surface area (Å²) in [6, 6.07) is 7.47. The second-order valence-corrected chi connectivity index (χ2v) is 8.79. The lowest BCUT2D eigenvalue weighted by atomic mass is 9.86. The first-order chi connectivity index (χ1) is 14.4. The van der Waals surface area contributed by atoms with Crippen LogP contribution in [0, 0.1) is 18.8 Å². The number of aryl methyl sites for hydroxylation is 1. The normalized spacial score (nSPS) is 22.0. The van der Waals surface area contributed by atoms with Crippen LogP contribution in [0.15, 0.2) is 30.5 Å². The van der Waals surface area contributed by atoms with Crippen molar-refractivity contribution in [1.29, 1.82) is 0 Å². The second-order valence-electron chi connectivity index (χ2n) is 8.79. The third-order valence-electron chi connectivity index (χ3n) is 7.18. The highest BCUT2D eigenvalue weighted by atomic mass is 16.2. The Labute approximate surface area is 178 Å². The number of hydrogen-bond acceptors (Lipinski definition) is 3. The van der Waals surface area contributed by atoms with Gasteiger partial charge in [0.05, 0.1) is 6.20 Å². The molecule has 0 spiro atoms. The summed E-state index contributed by atoms with van der Waals surface area (Å²) in [6.07, 6.45) is 5.22. The number of piperazine rings is 1. The molecule has 6 nitrogen and oxygen atoms in total. The van der Waals surface area contributed by atoms with Crippen LogP contribution >= 0.6 is 0 Å². The Balaban J connectivity index is 1.64. The maximum atomic E-state index is 13.8. The van der Waals surface area contributed by atoms with Crippen LogP contribution in [0.25, 0.3) is 0 Å². The number of nitrogens with one attached hydrogen (secondary N) is 1. The van der Waals surface area contributed by atoms with Crippen LogP contribution in [0.3, 0.4) is 0 Å². The highest BCUT2D eigenvalue weighted by Gasteiger charge is 2.47. The minimum atomic E-state index is -0.465. The highest BCUT2D eigenvalue weighted by Crippen LogP contribution is 2.33. The van der Waals surface area contributed by atoms with Gasteiger partial charge < -0.3 is 10.2 Å². The van der Waals surface area contributed by atoms with E-state index in [-0.39, 0.29) is 23.7 Å². The summed E-state index contributed by atoms with van der Waals surface area (Å²) in [4.78, 5) is 28.9. The van der Waals surface area contributed by atoms with Gasteiger partial charge in [-0.1, -0.05) is 51.0 Å². The summed E-state index contributed by atoms with van der Waals surface area (Å²) in [6.45, 7) is 6.63. The van der Waals surface area contributed by atoms with Crippen LogP contribution in [0.4, 0.5) is 0 Å². The fourth-order valence-corrected chi connectivity index (χ4v) is 5.17. The third kappa shape index (κ3) is 3.53. The van der Waals surface area contributed by atoms with E-state index >= 15 is 0 Å². The molecule has 4 rings (SSSR count). The van der Waals surface area contributed by atoms with Crippen molar-refractivity contribution < 1.29 is 9.59 Å². The van der Waals surface area contributed by atoms with Gasteiger partial charge in [0, 0.05) is 24.8 Å². The molecule has 2 heterocycles. The van der Waals surface area contributed by atoms with Gasteiger partial charge in [-0.3, -0.25) is 14.3 Å². The number of amides is 2. The third-order valence-corrected chi connectivity index (χ3v) is 7.18. The monoisotopic (exact) mass is 408 g/mol. The molecule has 6 heteroatoms. The zero-order chi connectivity index (χ0) is 21.4. The topological polar surface area (TPSA) is 67.2 Å². The van der Waals surface area contributed by atoms with Crippen molar-refractivity contribution in [2.24, 2.45) is 18.9 Å². The van der Waals surface area contributed by atoms with Crippen molar-refractivity contribution >= 4 is 11.8 Å². The molecular weight excluding hydrogens is 376 g/mol. The van der Waals surface area contributed by atoms with Crippen molar-refractivity contribution in [3.63, 3.8) is 0 Å². The molecule has 2 atom stereocenters. The Morgan fingerprint density at radius 2 is 1.77 bits per heavy atom. The lowest BCUT2D eigenvalue weighted by Gasteiger charge is -2.43. The molecule has 0 unspecified atom stereocenters. The van der Waals surface area contributed by atoms with E-state index in [2.05, 4.69) is 36.4 Å². The average molecular weight is 409 g/mol. The Hall–Kier alpha value is -2.63. The van der Waals surface area contributed by atoms with E-state index < -0.39 is 12.1 Å². The molecule has 1 aliphatic carbocycles. The summed E-state index contributed by atoms with van der Waals surface area (Å²) in [7, 11) is 1.90. The van der Waals surface area contributed by atoms with Gasteiger partial charge in [-0.05, 0) is 42.7 Å². The maximum Gasteiger partial charge on any atom is 0.246 e. The summed E-state index contributed by atoms with van der Waals surface area (Å²) >= 11 is 0. The van der Waals surface area contributed by atoms with E-state index in [1.807, 2.05) is 41.9 Å². The molecule has 1 aromatic heterocycles. The SMILES string of the molecule is CCC(CC)[C@@H]1C(=O)N[C@H](C2Cc3ccccc3C2)C(=O)N1Cc1cnn(C)c1C. The van der Waals surface area contributed by atoms with Crippen molar-refractivity contribution in [1.82, 2.24) is 20.0 Å². The molecule has 1 fully saturated rings.